The highest BCUT2D eigenvalue weighted by atomic mass is 31.2. The third-order valence-electron chi connectivity index (χ3n) is 4.09. The Balaban J connectivity index is 4.17. The van der Waals surface area contributed by atoms with Gasteiger partial charge in [-0.1, -0.05) is 66.2 Å². The smallest absolute Gasteiger partial charge is 0.324 e. The third kappa shape index (κ3) is 9.96. The van der Waals surface area contributed by atoms with Gasteiger partial charge in [0.05, 0.1) is 12.8 Å². The van der Waals surface area contributed by atoms with Gasteiger partial charge in [-0.3, -0.25) is 4.57 Å². The van der Waals surface area contributed by atoms with E-state index >= 15 is 0 Å². The van der Waals surface area contributed by atoms with Crippen LogP contribution >= 0.6 is 7.60 Å². The van der Waals surface area contributed by atoms with Gasteiger partial charge in [0.25, 0.3) is 0 Å². The number of hydrogen-bond acceptors (Lipinski definition) is 2. The van der Waals surface area contributed by atoms with Crippen LogP contribution in [0.2, 0.25) is 0 Å². The minimum atomic E-state index is -3.40. The van der Waals surface area contributed by atoms with E-state index in [0.29, 0.717) is 24.6 Å². The van der Waals surface area contributed by atoms with Crippen molar-refractivity contribution in [1.29, 1.82) is 0 Å². The van der Waals surface area contributed by atoms with Crippen LogP contribution in [0.15, 0.2) is 0 Å². The minimum absolute atomic E-state index is 0.321. The van der Waals surface area contributed by atoms with Gasteiger partial charge in [-0.25, -0.2) is 0 Å². The fourth-order valence-electron chi connectivity index (χ4n) is 2.42. The topological polar surface area (TPSA) is 46.5 Å². The maximum absolute atomic E-state index is 12.2. The Morgan fingerprint density at radius 1 is 0.950 bits per heavy atom. The van der Waals surface area contributed by atoms with Gasteiger partial charge >= 0.3 is 7.60 Å². The van der Waals surface area contributed by atoms with Gasteiger partial charge in [0.1, 0.15) is 0 Å². The van der Waals surface area contributed by atoms with E-state index in [-0.39, 0.29) is 0 Å². The highest BCUT2D eigenvalue weighted by Crippen LogP contribution is 2.46. The predicted octanol–water partition coefficient (Wildman–Crippen LogP) is 5.62. The first-order chi connectivity index (χ1) is 9.49. The maximum Gasteiger partial charge on any atom is 0.328 e. The highest BCUT2D eigenvalue weighted by Gasteiger charge is 2.25. The molecule has 3 nitrogen and oxygen atoms in total. The van der Waals surface area contributed by atoms with Gasteiger partial charge in [-0.05, 0) is 24.7 Å². The molecule has 122 valence electrons. The lowest BCUT2D eigenvalue weighted by Crippen LogP contribution is -2.12. The summed E-state index contributed by atoms with van der Waals surface area (Å²) in [6.45, 7) is 8.98. The van der Waals surface area contributed by atoms with Crippen molar-refractivity contribution in [2.45, 2.75) is 79.1 Å². The standard InChI is InChI=1S/C16H35O3P/c1-5-9-11-15(7-3)13-19-20(17,18)14-16(8-4)12-10-6-2/h15-16H,5-14H2,1-4H3,(H,17,18)/t15-,16-/m0/s1. The Morgan fingerprint density at radius 3 is 1.90 bits per heavy atom. The van der Waals surface area contributed by atoms with E-state index in [1.807, 2.05) is 0 Å². The molecule has 0 bridgehead atoms. The van der Waals surface area contributed by atoms with Crippen LogP contribution in [0.4, 0.5) is 0 Å². The summed E-state index contributed by atoms with van der Waals surface area (Å²) in [5.74, 6) is 0.743. The molecular formula is C16H35O3P. The molecule has 0 aliphatic carbocycles. The first-order valence-electron chi connectivity index (χ1n) is 8.45. The average Bonchev–Trinajstić information content (AvgIpc) is 2.43. The molecular weight excluding hydrogens is 271 g/mol. The molecule has 0 radical (unpaired) electrons. The van der Waals surface area contributed by atoms with E-state index in [9.17, 15) is 9.46 Å². The van der Waals surface area contributed by atoms with Crippen molar-refractivity contribution in [2.75, 3.05) is 12.8 Å². The second kappa shape index (κ2) is 11.8. The molecule has 0 aromatic carbocycles. The Bertz CT molecular complexity index is 268. The van der Waals surface area contributed by atoms with Gasteiger partial charge in [0.15, 0.2) is 0 Å². The molecule has 0 saturated carbocycles. The summed E-state index contributed by atoms with van der Waals surface area (Å²) < 4.78 is 17.6. The molecule has 1 unspecified atom stereocenters. The van der Waals surface area contributed by atoms with E-state index < -0.39 is 7.60 Å². The number of hydrogen-bond donors (Lipinski definition) is 1. The Kier molecular flexibility index (Phi) is 11.9. The lowest BCUT2D eigenvalue weighted by molar-refractivity contribution is 0.200. The summed E-state index contributed by atoms with van der Waals surface area (Å²) in [5.41, 5.74) is 0. The summed E-state index contributed by atoms with van der Waals surface area (Å²) in [5, 5.41) is 0. The molecule has 0 spiro atoms. The van der Waals surface area contributed by atoms with Crippen LogP contribution in [0.3, 0.4) is 0 Å². The highest BCUT2D eigenvalue weighted by molar-refractivity contribution is 7.52. The molecule has 0 heterocycles. The molecule has 0 fully saturated rings. The quantitative estimate of drug-likeness (QED) is 0.449. The second-order valence-electron chi connectivity index (χ2n) is 5.95. The average molecular weight is 306 g/mol. The van der Waals surface area contributed by atoms with E-state index in [0.717, 1.165) is 38.5 Å². The lowest BCUT2D eigenvalue weighted by atomic mass is 10.0. The van der Waals surface area contributed by atoms with Crippen molar-refractivity contribution < 1.29 is 14.0 Å². The summed E-state index contributed by atoms with van der Waals surface area (Å²) in [4.78, 5) is 10.0. The number of rotatable bonds is 13. The summed E-state index contributed by atoms with van der Waals surface area (Å²) in [7, 11) is -3.40. The lowest BCUT2D eigenvalue weighted by Gasteiger charge is -2.21. The van der Waals surface area contributed by atoms with Crippen LogP contribution in [0.5, 0.6) is 0 Å². The molecule has 0 rings (SSSR count). The molecule has 1 N–H and O–H groups in total. The molecule has 0 aliphatic rings. The Hall–Kier alpha value is 0.150. The van der Waals surface area contributed by atoms with Gasteiger partial charge in [0, 0.05) is 0 Å². The summed E-state index contributed by atoms with van der Waals surface area (Å²) >= 11 is 0. The first kappa shape index (κ1) is 20.1. The fourth-order valence-corrected chi connectivity index (χ4v) is 4.06. The molecule has 4 heteroatoms. The van der Waals surface area contributed by atoms with Crippen molar-refractivity contribution in [3.05, 3.63) is 0 Å². The van der Waals surface area contributed by atoms with E-state index in [1.165, 1.54) is 12.8 Å². The van der Waals surface area contributed by atoms with Crippen LogP contribution in [0.1, 0.15) is 79.1 Å². The Morgan fingerprint density at radius 2 is 1.45 bits per heavy atom. The zero-order valence-electron chi connectivity index (χ0n) is 13.9. The van der Waals surface area contributed by atoms with Crippen molar-refractivity contribution in [3.8, 4) is 0 Å². The van der Waals surface area contributed by atoms with Crippen LogP contribution in [-0.4, -0.2) is 17.7 Å². The summed E-state index contributed by atoms with van der Waals surface area (Å²) in [6.07, 6.45) is 9.05. The summed E-state index contributed by atoms with van der Waals surface area (Å²) in [6, 6.07) is 0. The molecule has 0 aromatic heterocycles. The number of unbranched alkanes of at least 4 members (excludes halogenated alkanes) is 2. The van der Waals surface area contributed by atoms with Crippen molar-refractivity contribution in [1.82, 2.24) is 0 Å². The fraction of sp³-hybridized carbons (Fsp3) is 1.00. The van der Waals surface area contributed by atoms with Crippen LogP contribution in [0.25, 0.3) is 0 Å². The molecule has 20 heavy (non-hydrogen) atoms. The van der Waals surface area contributed by atoms with E-state index in [1.54, 1.807) is 0 Å². The normalized spacial score (nSPS) is 17.6. The predicted molar refractivity (Wildman–Crippen MR) is 87.3 cm³/mol. The first-order valence-corrected chi connectivity index (χ1v) is 10.2. The zero-order valence-corrected chi connectivity index (χ0v) is 14.8. The Labute approximate surface area is 126 Å². The van der Waals surface area contributed by atoms with Gasteiger partial charge in [-0.2, -0.15) is 0 Å². The van der Waals surface area contributed by atoms with Crippen molar-refractivity contribution in [2.24, 2.45) is 11.8 Å². The van der Waals surface area contributed by atoms with Crippen molar-refractivity contribution in [3.63, 3.8) is 0 Å². The maximum atomic E-state index is 12.2. The molecule has 0 aromatic rings. The van der Waals surface area contributed by atoms with Gasteiger partial charge in [0.2, 0.25) is 0 Å². The van der Waals surface area contributed by atoms with Crippen LogP contribution < -0.4 is 0 Å². The third-order valence-corrected chi connectivity index (χ3v) is 5.62. The second-order valence-corrected chi connectivity index (χ2v) is 7.85. The van der Waals surface area contributed by atoms with Crippen LogP contribution in [0, 0.1) is 11.8 Å². The van der Waals surface area contributed by atoms with Crippen LogP contribution in [-0.2, 0) is 9.09 Å². The van der Waals surface area contributed by atoms with Gasteiger partial charge < -0.3 is 9.42 Å². The zero-order chi connectivity index (χ0) is 15.4. The molecule has 0 saturated heterocycles. The molecule has 0 amide bonds. The van der Waals surface area contributed by atoms with Crippen molar-refractivity contribution >= 4 is 7.60 Å². The monoisotopic (exact) mass is 306 g/mol. The van der Waals surface area contributed by atoms with E-state index in [2.05, 4.69) is 27.7 Å². The molecule has 0 aliphatic heterocycles. The minimum Gasteiger partial charge on any atom is -0.324 e. The largest absolute Gasteiger partial charge is 0.328 e. The van der Waals surface area contributed by atoms with Gasteiger partial charge in [-0.15, -0.1) is 0 Å². The van der Waals surface area contributed by atoms with E-state index in [4.69, 9.17) is 4.52 Å². The SMILES string of the molecule is CCCC[C@H](CC)COP(=O)(O)C[C@@H](CC)CCCC. The molecule has 3 atom stereocenters.